The zero-order chi connectivity index (χ0) is 16.5. The molecule has 1 saturated heterocycles. The normalized spacial score (nSPS) is 16.0. The van der Waals surface area contributed by atoms with Gasteiger partial charge in [-0.2, -0.15) is 0 Å². The molecule has 0 saturated carbocycles. The maximum Gasteiger partial charge on any atom is 0.0348 e. The molecule has 0 bridgehead atoms. The predicted octanol–water partition coefficient (Wildman–Crippen LogP) is 3.50. The van der Waals surface area contributed by atoms with E-state index in [1.807, 2.05) is 0 Å². The lowest BCUT2D eigenvalue weighted by molar-refractivity contribution is 0.154. The molecule has 1 aliphatic rings. The average molecular weight is 342 g/mol. The Morgan fingerprint density at radius 2 is 1.52 bits per heavy atom. The van der Waals surface area contributed by atoms with Crippen LogP contribution in [-0.2, 0) is 0 Å². The van der Waals surface area contributed by atoms with E-state index in [-0.39, 0.29) is 0 Å². The van der Waals surface area contributed by atoms with Gasteiger partial charge >= 0.3 is 0 Å². The Bertz CT molecular complexity index is 182. The molecule has 21 heavy (non-hydrogen) atoms. The highest BCUT2D eigenvalue weighted by Crippen LogP contribution is 2.00. The zero-order valence-electron chi connectivity index (χ0n) is 14.8. The van der Waals surface area contributed by atoms with Gasteiger partial charge in [-0.3, -0.25) is 0 Å². The van der Waals surface area contributed by atoms with Gasteiger partial charge in [0.1, 0.15) is 0 Å². The SMILES string of the molecule is CC(C)NCCCl.CCC.CN1CCN(CCCCl)CC1. The van der Waals surface area contributed by atoms with E-state index in [0.29, 0.717) is 11.9 Å². The summed E-state index contributed by atoms with van der Waals surface area (Å²) in [4.78, 5) is 4.86. The molecular formula is C16H37Cl2N3. The first-order valence-electron chi connectivity index (χ1n) is 8.27. The number of nitrogens with zero attached hydrogens (tertiary/aromatic N) is 2. The lowest BCUT2D eigenvalue weighted by Gasteiger charge is -2.32. The van der Waals surface area contributed by atoms with Crippen LogP contribution < -0.4 is 5.32 Å². The van der Waals surface area contributed by atoms with Crippen molar-refractivity contribution in [3.63, 3.8) is 0 Å². The maximum atomic E-state index is 5.61. The Morgan fingerprint density at radius 3 is 1.86 bits per heavy atom. The van der Waals surface area contributed by atoms with Gasteiger partial charge in [-0.05, 0) is 20.0 Å². The molecule has 0 aromatic rings. The lowest BCUT2D eigenvalue weighted by Crippen LogP contribution is -2.44. The van der Waals surface area contributed by atoms with Gasteiger partial charge in [-0.25, -0.2) is 0 Å². The van der Waals surface area contributed by atoms with Crippen LogP contribution in [0.1, 0.15) is 40.5 Å². The van der Waals surface area contributed by atoms with E-state index in [2.05, 4.69) is 49.9 Å². The molecular weight excluding hydrogens is 305 g/mol. The third-order valence-electron chi connectivity index (χ3n) is 2.85. The molecule has 3 nitrogen and oxygen atoms in total. The summed E-state index contributed by atoms with van der Waals surface area (Å²) in [5.41, 5.74) is 0. The average Bonchev–Trinajstić information content (AvgIpc) is 2.46. The predicted molar refractivity (Wildman–Crippen MR) is 99.1 cm³/mol. The number of rotatable bonds is 6. The fourth-order valence-electron chi connectivity index (χ4n) is 1.70. The summed E-state index contributed by atoms with van der Waals surface area (Å²) in [5, 5.41) is 3.16. The lowest BCUT2D eigenvalue weighted by atomic mass is 10.3. The molecule has 5 heteroatoms. The van der Waals surface area contributed by atoms with E-state index < -0.39 is 0 Å². The van der Waals surface area contributed by atoms with Crippen LogP contribution in [0.15, 0.2) is 0 Å². The van der Waals surface area contributed by atoms with Gasteiger partial charge < -0.3 is 15.1 Å². The minimum Gasteiger partial charge on any atom is -0.313 e. The van der Waals surface area contributed by atoms with Gasteiger partial charge in [0, 0.05) is 50.5 Å². The summed E-state index contributed by atoms with van der Waals surface area (Å²) in [7, 11) is 2.18. The number of hydrogen-bond donors (Lipinski definition) is 1. The molecule has 1 rings (SSSR count). The van der Waals surface area contributed by atoms with E-state index in [1.54, 1.807) is 0 Å². The van der Waals surface area contributed by atoms with Crippen molar-refractivity contribution in [3.05, 3.63) is 0 Å². The van der Waals surface area contributed by atoms with Crippen molar-refractivity contribution >= 4 is 23.2 Å². The molecule has 1 aliphatic heterocycles. The Hall–Kier alpha value is 0.460. The van der Waals surface area contributed by atoms with E-state index in [1.165, 1.54) is 39.1 Å². The smallest absolute Gasteiger partial charge is 0.0348 e. The topological polar surface area (TPSA) is 18.5 Å². The van der Waals surface area contributed by atoms with Crippen LogP contribution in [0.2, 0.25) is 0 Å². The summed E-state index contributed by atoms with van der Waals surface area (Å²) in [6, 6.07) is 0.568. The Labute approximate surface area is 143 Å². The Balaban J connectivity index is 0. The quantitative estimate of drug-likeness (QED) is 0.746. The highest BCUT2D eigenvalue weighted by molar-refractivity contribution is 6.18. The van der Waals surface area contributed by atoms with Gasteiger partial charge in [-0.15, -0.1) is 23.2 Å². The number of alkyl halides is 2. The van der Waals surface area contributed by atoms with Crippen LogP contribution in [-0.4, -0.2) is 73.9 Å². The first-order valence-corrected chi connectivity index (χ1v) is 9.34. The largest absolute Gasteiger partial charge is 0.313 e. The van der Waals surface area contributed by atoms with Crippen molar-refractivity contribution in [1.29, 1.82) is 0 Å². The molecule has 1 fully saturated rings. The number of likely N-dealkylation sites (N-methyl/N-ethyl adjacent to an activating group) is 1. The van der Waals surface area contributed by atoms with Crippen molar-refractivity contribution in [3.8, 4) is 0 Å². The second kappa shape index (κ2) is 18.5. The second-order valence-corrected chi connectivity index (χ2v) is 6.45. The van der Waals surface area contributed by atoms with E-state index >= 15 is 0 Å². The van der Waals surface area contributed by atoms with Crippen molar-refractivity contribution in [2.24, 2.45) is 0 Å². The zero-order valence-corrected chi connectivity index (χ0v) is 16.3. The number of nitrogens with one attached hydrogen (secondary N) is 1. The summed E-state index contributed by atoms with van der Waals surface area (Å²) in [6.07, 6.45) is 2.38. The first kappa shape index (κ1) is 23.7. The van der Waals surface area contributed by atoms with Crippen molar-refractivity contribution in [2.45, 2.75) is 46.6 Å². The Kier molecular flexibility index (Phi) is 20.9. The standard InChI is InChI=1S/C8H17ClN2.C5H12ClN.C3H8/c1-10-5-7-11(8-6-10)4-2-3-9;1-5(2)7-4-3-6;1-3-2/h2-8H2,1H3;5,7H,3-4H2,1-2H3;3H2,1-2H3. The first-order chi connectivity index (χ1) is 10.0. The van der Waals surface area contributed by atoms with Crippen LogP contribution in [0.3, 0.4) is 0 Å². The summed E-state index contributed by atoms with van der Waals surface area (Å²) in [5.74, 6) is 1.50. The van der Waals surface area contributed by atoms with Crippen LogP contribution >= 0.6 is 23.2 Å². The van der Waals surface area contributed by atoms with E-state index in [4.69, 9.17) is 23.2 Å². The van der Waals surface area contributed by atoms with Gasteiger partial charge in [0.2, 0.25) is 0 Å². The van der Waals surface area contributed by atoms with Gasteiger partial charge in [0.25, 0.3) is 0 Å². The molecule has 0 aliphatic carbocycles. The second-order valence-electron chi connectivity index (χ2n) is 5.69. The molecule has 0 radical (unpaired) electrons. The molecule has 0 atom stereocenters. The van der Waals surface area contributed by atoms with Gasteiger partial charge in [-0.1, -0.05) is 34.1 Å². The summed E-state index contributed by atoms with van der Waals surface area (Å²) in [6.45, 7) is 15.4. The molecule has 0 spiro atoms. The molecule has 130 valence electrons. The third kappa shape index (κ3) is 20.5. The highest BCUT2D eigenvalue weighted by Gasteiger charge is 2.12. The third-order valence-corrected chi connectivity index (χ3v) is 3.31. The minimum absolute atomic E-state index is 0.568. The fourth-order valence-corrected chi connectivity index (χ4v) is 1.93. The number of piperazine rings is 1. The van der Waals surface area contributed by atoms with E-state index in [9.17, 15) is 0 Å². The molecule has 1 N–H and O–H groups in total. The molecule has 0 amide bonds. The molecule has 0 aromatic heterocycles. The van der Waals surface area contributed by atoms with Crippen LogP contribution in [0.25, 0.3) is 0 Å². The van der Waals surface area contributed by atoms with Gasteiger partial charge in [0.15, 0.2) is 0 Å². The van der Waals surface area contributed by atoms with E-state index in [0.717, 1.165) is 18.8 Å². The summed E-state index contributed by atoms with van der Waals surface area (Å²) < 4.78 is 0. The van der Waals surface area contributed by atoms with Crippen molar-refractivity contribution in [2.75, 3.05) is 58.1 Å². The van der Waals surface area contributed by atoms with Crippen LogP contribution in [0, 0.1) is 0 Å². The monoisotopic (exact) mass is 341 g/mol. The highest BCUT2D eigenvalue weighted by atomic mass is 35.5. The van der Waals surface area contributed by atoms with Gasteiger partial charge in [0.05, 0.1) is 0 Å². The number of halogens is 2. The summed E-state index contributed by atoms with van der Waals surface area (Å²) >= 11 is 11.0. The van der Waals surface area contributed by atoms with Crippen LogP contribution in [0.5, 0.6) is 0 Å². The van der Waals surface area contributed by atoms with Crippen LogP contribution in [0.4, 0.5) is 0 Å². The molecule has 0 unspecified atom stereocenters. The number of hydrogen-bond acceptors (Lipinski definition) is 3. The Morgan fingerprint density at radius 1 is 1.00 bits per heavy atom. The minimum atomic E-state index is 0.568. The molecule has 0 aromatic carbocycles. The molecule has 1 heterocycles. The van der Waals surface area contributed by atoms with Crippen molar-refractivity contribution < 1.29 is 0 Å². The van der Waals surface area contributed by atoms with Crippen molar-refractivity contribution in [1.82, 2.24) is 15.1 Å². The maximum absolute atomic E-state index is 5.61. The fraction of sp³-hybridized carbons (Fsp3) is 1.00.